The van der Waals surface area contributed by atoms with Gasteiger partial charge in [0.1, 0.15) is 19.3 Å². The normalized spacial score (nSPS) is 14.5. The number of hydrogen-bond acceptors (Lipinski definition) is 6. The standard InChI is InChI=1S/C52H90NO7P/c1-6-8-10-12-14-16-18-20-22-23-24-25-26-27-28-29-30-32-34-36-38-40-42-44-47-57-49-51(50-59-61(55,56)58-48-46-53(3,4)5)60-52(54)45-43-41-39-37-35-33-31-21-19-17-15-13-11-9-7-2/h8-11,14-17,20-22,24-25,27-28,31,51H,6-7,12-13,18-19,23,26,29-30,32-50H2,1-5H3/p+1/b10-8-,11-9-,16-14-,17-15-,22-20-,25-24-,28-27-,31-21-. The second-order valence-corrected chi connectivity index (χ2v) is 18.2. The van der Waals surface area contributed by atoms with Gasteiger partial charge in [0.25, 0.3) is 0 Å². The Balaban J connectivity index is 4.21. The second kappa shape index (κ2) is 44.0. The zero-order valence-electron chi connectivity index (χ0n) is 39.6. The number of quaternary nitrogens is 1. The second-order valence-electron chi connectivity index (χ2n) is 16.7. The van der Waals surface area contributed by atoms with Crippen molar-refractivity contribution >= 4 is 13.8 Å². The van der Waals surface area contributed by atoms with Crippen molar-refractivity contribution in [2.24, 2.45) is 0 Å². The fourth-order valence-corrected chi connectivity index (χ4v) is 6.75. The number of allylic oxidation sites excluding steroid dienone is 16. The molecule has 9 heteroatoms. The van der Waals surface area contributed by atoms with E-state index in [9.17, 15) is 14.3 Å². The molecule has 2 unspecified atom stereocenters. The summed E-state index contributed by atoms with van der Waals surface area (Å²) in [6.45, 7) is 5.33. The molecule has 0 spiro atoms. The number of rotatable bonds is 43. The lowest BCUT2D eigenvalue weighted by molar-refractivity contribution is -0.870. The Hall–Kier alpha value is -2.58. The Morgan fingerprint density at radius 2 is 0.902 bits per heavy atom. The third-order valence-corrected chi connectivity index (χ3v) is 10.6. The Bertz CT molecular complexity index is 1290. The molecule has 0 rings (SSSR count). The molecule has 2 atom stereocenters. The number of hydrogen-bond donors (Lipinski definition) is 1. The van der Waals surface area contributed by atoms with Crippen LogP contribution in [-0.2, 0) is 27.9 Å². The van der Waals surface area contributed by atoms with E-state index < -0.39 is 13.9 Å². The first kappa shape index (κ1) is 58.4. The average Bonchev–Trinajstić information content (AvgIpc) is 3.22. The van der Waals surface area contributed by atoms with Gasteiger partial charge in [-0.1, -0.05) is 169 Å². The topological polar surface area (TPSA) is 91.3 Å². The highest BCUT2D eigenvalue weighted by molar-refractivity contribution is 7.47. The van der Waals surface area contributed by atoms with Gasteiger partial charge in [-0.2, -0.15) is 0 Å². The summed E-state index contributed by atoms with van der Waals surface area (Å²) in [4.78, 5) is 22.9. The summed E-state index contributed by atoms with van der Waals surface area (Å²) in [6.07, 6.45) is 60.2. The minimum Gasteiger partial charge on any atom is -0.457 e. The summed E-state index contributed by atoms with van der Waals surface area (Å²) in [6, 6.07) is 0. The number of carbonyl (C=O) groups is 1. The molecule has 61 heavy (non-hydrogen) atoms. The van der Waals surface area contributed by atoms with Gasteiger partial charge in [0.15, 0.2) is 0 Å². The molecular weight excluding hydrogens is 782 g/mol. The first-order chi connectivity index (χ1) is 29.6. The summed E-state index contributed by atoms with van der Waals surface area (Å²) < 4.78 is 35.1. The van der Waals surface area contributed by atoms with Gasteiger partial charge in [0.2, 0.25) is 0 Å². The van der Waals surface area contributed by atoms with Crippen LogP contribution in [0.5, 0.6) is 0 Å². The lowest BCUT2D eigenvalue weighted by Crippen LogP contribution is -2.37. The van der Waals surface area contributed by atoms with E-state index in [4.69, 9.17) is 18.5 Å². The van der Waals surface area contributed by atoms with E-state index in [1.165, 1.54) is 38.5 Å². The summed E-state index contributed by atoms with van der Waals surface area (Å²) >= 11 is 0. The van der Waals surface area contributed by atoms with E-state index in [1.807, 2.05) is 21.1 Å². The van der Waals surface area contributed by atoms with E-state index in [1.54, 1.807) is 0 Å². The molecule has 0 fully saturated rings. The fraction of sp³-hybridized carbons (Fsp3) is 0.673. The number of phosphoric acid groups is 1. The highest BCUT2D eigenvalue weighted by Gasteiger charge is 2.26. The van der Waals surface area contributed by atoms with Crippen LogP contribution in [0, 0.1) is 0 Å². The van der Waals surface area contributed by atoms with Gasteiger partial charge in [-0.15, -0.1) is 0 Å². The molecular formula is C52H91NO7P+. The van der Waals surface area contributed by atoms with Crippen molar-refractivity contribution in [3.63, 3.8) is 0 Å². The van der Waals surface area contributed by atoms with Crippen LogP contribution in [-0.4, -0.2) is 75.6 Å². The molecule has 0 aliphatic rings. The number of esters is 1. The molecule has 0 aromatic rings. The molecule has 0 aliphatic carbocycles. The van der Waals surface area contributed by atoms with Gasteiger partial charge in [0, 0.05) is 13.0 Å². The maximum atomic E-state index is 12.7. The molecule has 1 N–H and O–H groups in total. The highest BCUT2D eigenvalue weighted by Crippen LogP contribution is 2.43. The van der Waals surface area contributed by atoms with Gasteiger partial charge in [0.05, 0.1) is 34.4 Å². The minimum absolute atomic E-state index is 0.0775. The SMILES string of the molecule is CC/C=C\C/C=C\C/C=C\C/C=C\C/C=C\CCCCCCCCCCOCC(COP(=O)(O)OCC[N+](C)(C)C)OC(=O)CCCCCCC/C=C\C/C=C\C/C=C\CC. The van der Waals surface area contributed by atoms with Crippen LogP contribution in [0.2, 0.25) is 0 Å². The molecule has 0 bridgehead atoms. The first-order valence-electron chi connectivity index (χ1n) is 24.0. The maximum absolute atomic E-state index is 12.7. The first-order valence-corrected chi connectivity index (χ1v) is 25.5. The minimum atomic E-state index is -4.29. The number of likely N-dealkylation sites (N-methyl/N-ethyl adjacent to an activating group) is 1. The van der Waals surface area contributed by atoms with Crippen LogP contribution in [0.25, 0.3) is 0 Å². The Morgan fingerprint density at radius 1 is 0.508 bits per heavy atom. The van der Waals surface area contributed by atoms with Crippen LogP contribution < -0.4 is 0 Å². The quantitative estimate of drug-likeness (QED) is 0.0214. The molecule has 0 heterocycles. The lowest BCUT2D eigenvalue weighted by atomic mass is 10.1. The van der Waals surface area contributed by atoms with E-state index >= 15 is 0 Å². The maximum Gasteiger partial charge on any atom is 0.472 e. The van der Waals surface area contributed by atoms with E-state index in [0.717, 1.165) is 109 Å². The molecule has 0 saturated carbocycles. The van der Waals surface area contributed by atoms with Crippen LogP contribution in [0.4, 0.5) is 0 Å². The highest BCUT2D eigenvalue weighted by atomic mass is 31.2. The van der Waals surface area contributed by atoms with Crippen LogP contribution in [0.15, 0.2) is 97.2 Å². The molecule has 0 aromatic heterocycles. The van der Waals surface area contributed by atoms with E-state index in [2.05, 4.69) is 111 Å². The third kappa shape index (κ3) is 48.3. The van der Waals surface area contributed by atoms with Crippen molar-refractivity contribution < 1.29 is 37.3 Å². The number of unbranched alkanes of at least 4 members (excludes halogenated alkanes) is 13. The van der Waals surface area contributed by atoms with Crippen molar-refractivity contribution in [2.75, 3.05) is 54.1 Å². The molecule has 8 nitrogen and oxygen atoms in total. The fourth-order valence-electron chi connectivity index (χ4n) is 6.00. The van der Waals surface area contributed by atoms with Crippen LogP contribution in [0.1, 0.15) is 168 Å². The number of nitrogens with zero attached hydrogens (tertiary/aromatic N) is 1. The van der Waals surface area contributed by atoms with Gasteiger partial charge >= 0.3 is 13.8 Å². The number of ether oxygens (including phenoxy) is 2. The summed E-state index contributed by atoms with van der Waals surface area (Å²) in [5, 5.41) is 0. The summed E-state index contributed by atoms with van der Waals surface area (Å²) in [7, 11) is 1.63. The zero-order chi connectivity index (χ0) is 44.8. The zero-order valence-corrected chi connectivity index (χ0v) is 40.5. The Kier molecular flexibility index (Phi) is 42.2. The number of phosphoric ester groups is 1. The Labute approximate surface area is 375 Å². The van der Waals surface area contributed by atoms with Gasteiger partial charge < -0.3 is 18.9 Å². The van der Waals surface area contributed by atoms with Crippen molar-refractivity contribution in [1.82, 2.24) is 0 Å². The van der Waals surface area contributed by atoms with E-state index in [-0.39, 0.29) is 25.8 Å². The van der Waals surface area contributed by atoms with Gasteiger partial charge in [-0.25, -0.2) is 4.57 Å². The summed E-state index contributed by atoms with van der Waals surface area (Å²) in [5.74, 6) is -0.338. The largest absolute Gasteiger partial charge is 0.472 e. The van der Waals surface area contributed by atoms with Crippen LogP contribution >= 0.6 is 7.82 Å². The van der Waals surface area contributed by atoms with Gasteiger partial charge in [-0.3, -0.25) is 13.8 Å². The summed E-state index contributed by atoms with van der Waals surface area (Å²) in [5.41, 5.74) is 0. The van der Waals surface area contributed by atoms with Crippen molar-refractivity contribution in [3.8, 4) is 0 Å². The predicted molar refractivity (Wildman–Crippen MR) is 261 cm³/mol. The molecule has 0 saturated heterocycles. The predicted octanol–water partition coefficient (Wildman–Crippen LogP) is 14.6. The molecule has 0 radical (unpaired) electrons. The van der Waals surface area contributed by atoms with Crippen molar-refractivity contribution in [2.45, 2.75) is 174 Å². The van der Waals surface area contributed by atoms with Crippen LogP contribution in [0.3, 0.4) is 0 Å². The third-order valence-electron chi connectivity index (χ3n) is 9.64. The molecule has 350 valence electrons. The molecule has 0 amide bonds. The number of carbonyl (C=O) groups excluding carboxylic acids is 1. The van der Waals surface area contributed by atoms with Crippen molar-refractivity contribution in [1.29, 1.82) is 0 Å². The molecule has 0 aromatic carbocycles. The van der Waals surface area contributed by atoms with Crippen molar-refractivity contribution in [3.05, 3.63) is 97.2 Å². The lowest BCUT2D eigenvalue weighted by Gasteiger charge is -2.24. The Morgan fingerprint density at radius 3 is 1.34 bits per heavy atom. The monoisotopic (exact) mass is 873 g/mol. The molecule has 0 aliphatic heterocycles. The van der Waals surface area contributed by atoms with E-state index in [0.29, 0.717) is 24.1 Å². The average molecular weight is 873 g/mol. The smallest absolute Gasteiger partial charge is 0.457 e. The van der Waals surface area contributed by atoms with Gasteiger partial charge in [-0.05, 0) is 89.9 Å².